The van der Waals surface area contributed by atoms with Crippen LogP contribution in [0.25, 0.3) is 0 Å². The lowest BCUT2D eigenvalue weighted by Gasteiger charge is -2.18. The summed E-state index contributed by atoms with van der Waals surface area (Å²) in [4.78, 5) is 29.1. The Labute approximate surface area is 166 Å². The van der Waals surface area contributed by atoms with Gasteiger partial charge in [0.05, 0.1) is 6.04 Å². The van der Waals surface area contributed by atoms with Gasteiger partial charge in [-0.25, -0.2) is 4.98 Å². The Balaban J connectivity index is 1.83. The van der Waals surface area contributed by atoms with Crippen molar-refractivity contribution in [1.29, 1.82) is 0 Å². The second-order valence-corrected chi connectivity index (χ2v) is 8.30. The summed E-state index contributed by atoms with van der Waals surface area (Å²) in [5.74, 6) is -0.0248. The summed E-state index contributed by atoms with van der Waals surface area (Å²) in [6.07, 6.45) is 0. The second-order valence-electron chi connectivity index (χ2n) is 6.46. The standard InChI is InChI=1S/C20H21N3O2S2/c1-12(2)14-6-8-15(9-7-14)18(17-5-4-10-26-17)23-19(25)16-11-27-20(22-16)21-13(3)24/h4-12,18H,1-3H3,(H,23,25)(H,21,22,24). The maximum absolute atomic E-state index is 12.7. The summed E-state index contributed by atoms with van der Waals surface area (Å²) < 4.78 is 0. The van der Waals surface area contributed by atoms with Gasteiger partial charge in [0, 0.05) is 17.2 Å². The van der Waals surface area contributed by atoms with E-state index in [4.69, 9.17) is 0 Å². The summed E-state index contributed by atoms with van der Waals surface area (Å²) in [7, 11) is 0. The van der Waals surface area contributed by atoms with E-state index in [1.807, 2.05) is 17.5 Å². The molecule has 0 aliphatic heterocycles. The van der Waals surface area contributed by atoms with Crippen LogP contribution in [0.2, 0.25) is 0 Å². The number of anilines is 1. The van der Waals surface area contributed by atoms with E-state index < -0.39 is 0 Å². The third-order valence-corrected chi connectivity index (χ3v) is 5.75. The molecule has 0 spiro atoms. The Hall–Kier alpha value is -2.51. The van der Waals surface area contributed by atoms with Crippen molar-refractivity contribution in [1.82, 2.24) is 10.3 Å². The molecule has 3 aromatic rings. The van der Waals surface area contributed by atoms with E-state index >= 15 is 0 Å². The Morgan fingerprint density at radius 3 is 2.33 bits per heavy atom. The minimum absolute atomic E-state index is 0.210. The molecule has 1 aromatic carbocycles. The van der Waals surface area contributed by atoms with Crippen molar-refractivity contribution in [2.45, 2.75) is 32.7 Å². The Kier molecular flexibility index (Phi) is 6.03. The van der Waals surface area contributed by atoms with Crippen LogP contribution in [0.4, 0.5) is 5.13 Å². The average Bonchev–Trinajstić information content (AvgIpc) is 3.31. The van der Waals surface area contributed by atoms with Gasteiger partial charge in [-0.3, -0.25) is 9.59 Å². The monoisotopic (exact) mass is 399 g/mol. The predicted molar refractivity (Wildman–Crippen MR) is 111 cm³/mol. The molecule has 0 aliphatic carbocycles. The summed E-state index contributed by atoms with van der Waals surface area (Å²) in [5.41, 5.74) is 2.58. The molecule has 0 aliphatic rings. The van der Waals surface area contributed by atoms with Crippen molar-refractivity contribution in [3.63, 3.8) is 0 Å². The third kappa shape index (κ3) is 4.81. The highest BCUT2D eigenvalue weighted by Crippen LogP contribution is 2.28. The van der Waals surface area contributed by atoms with Gasteiger partial charge in [0.2, 0.25) is 5.91 Å². The number of amides is 2. The van der Waals surface area contributed by atoms with Crippen LogP contribution in [-0.2, 0) is 4.79 Å². The number of thiophene rings is 1. The molecule has 2 N–H and O–H groups in total. The lowest BCUT2D eigenvalue weighted by atomic mass is 9.98. The number of thiazole rings is 1. The molecule has 2 aromatic heterocycles. The van der Waals surface area contributed by atoms with E-state index in [0.29, 0.717) is 16.7 Å². The number of benzene rings is 1. The molecule has 27 heavy (non-hydrogen) atoms. The van der Waals surface area contributed by atoms with E-state index in [-0.39, 0.29) is 17.9 Å². The van der Waals surface area contributed by atoms with Crippen LogP contribution in [0.15, 0.2) is 47.2 Å². The number of rotatable bonds is 6. The highest BCUT2D eigenvalue weighted by Gasteiger charge is 2.20. The molecule has 0 saturated heterocycles. The molecule has 140 valence electrons. The number of carbonyl (C=O) groups is 2. The van der Waals surface area contributed by atoms with Crippen molar-refractivity contribution in [3.05, 3.63) is 68.9 Å². The van der Waals surface area contributed by atoms with Crippen molar-refractivity contribution >= 4 is 39.6 Å². The number of aromatic nitrogens is 1. The normalized spacial score (nSPS) is 12.0. The summed E-state index contributed by atoms with van der Waals surface area (Å²) in [6.45, 7) is 5.72. The third-order valence-electron chi connectivity index (χ3n) is 4.06. The topological polar surface area (TPSA) is 71.1 Å². The Bertz CT molecular complexity index is 915. The molecule has 5 nitrogen and oxygen atoms in total. The maximum atomic E-state index is 12.7. The predicted octanol–water partition coefficient (Wildman–Crippen LogP) is 4.81. The first-order valence-corrected chi connectivity index (χ1v) is 10.4. The zero-order valence-corrected chi connectivity index (χ0v) is 17.0. The first kappa shape index (κ1) is 19.3. The van der Waals surface area contributed by atoms with E-state index in [2.05, 4.69) is 53.7 Å². The highest BCUT2D eigenvalue weighted by atomic mass is 32.1. The van der Waals surface area contributed by atoms with Crippen LogP contribution in [0.1, 0.15) is 59.2 Å². The Morgan fingerprint density at radius 1 is 1.04 bits per heavy atom. The molecule has 7 heteroatoms. The molecular weight excluding hydrogens is 378 g/mol. The fourth-order valence-corrected chi connectivity index (χ4v) is 4.18. The summed E-state index contributed by atoms with van der Waals surface area (Å²) >= 11 is 2.83. The second kappa shape index (κ2) is 8.45. The fraction of sp³-hybridized carbons (Fsp3) is 0.250. The van der Waals surface area contributed by atoms with Crippen LogP contribution in [0.3, 0.4) is 0 Å². The first-order valence-electron chi connectivity index (χ1n) is 8.61. The molecule has 2 amide bonds. The minimum atomic E-state index is -0.269. The highest BCUT2D eigenvalue weighted by molar-refractivity contribution is 7.14. The van der Waals surface area contributed by atoms with E-state index in [1.54, 1.807) is 16.7 Å². The van der Waals surface area contributed by atoms with E-state index in [1.165, 1.54) is 23.8 Å². The van der Waals surface area contributed by atoms with Gasteiger partial charge in [-0.05, 0) is 28.5 Å². The van der Waals surface area contributed by atoms with Crippen molar-refractivity contribution in [2.24, 2.45) is 0 Å². The maximum Gasteiger partial charge on any atom is 0.271 e. The van der Waals surface area contributed by atoms with Crippen LogP contribution in [0, 0.1) is 0 Å². The molecular formula is C20H21N3O2S2. The molecule has 1 unspecified atom stereocenters. The molecule has 2 heterocycles. The van der Waals surface area contributed by atoms with Crippen LogP contribution < -0.4 is 10.6 Å². The van der Waals surface area contributed by atoms with Gasteiger partial charge in [0.25, 0.3) is 5.91 Å². The zero-order chi connectivity index (χ0) is 19.4. The van der Waals surface area contributed by atoms with Gasteiger partial charge < -0.3 is 10.6 Å². The zero-order valence-electron chi connectivity index (χ0n) is 15.4. The van der Waals surface area contributed by atoms with Crippen molar-refractivity contribution in [3.8, 4) is 0 Å². The molecule has 0 fully saturated rings. The SMILES string of the molecule is CC(=O)Nc1nc(C(=O)NC(c2ccc(C(C)C)cc2)c2cccs2)cs1. The number of carbonyl (C=O) groups excluding carboxylic acids is 2. The van der Waals surface area contributed by atoms with Crippen molar-refractivity contribution < 1.29 is 9.59 Å². The number of nitrogens with zero attached hydrogens (tertiary/aromatic N) is 1. The number of nitrogens with one attached hydrogen (secondary N) is 2. The van der Waals surface area contributed by atoms with E-state index in [9.17, 15) is 9.59 Å². The largest absolute Gasteiger partial charge is 0.339 e. The molecule has 3 rings (SSSR count). The molecule has 0 saturated carbocycles. The summed E-state index contributed by atoms with van der Waals surface area (Å²) in [6, 6.07) is 12.1. The Morgan fingerprint density at radius 2 is 1.74 bits per heavy atom. The van der Waals surface area contributed by atoms with Gasteiger partial charge in [-0.15, -0.1) is 22.7 Å². The van der Waals surface area contributed by atoms with Gasteiger partial charge in [-0.2, -0.15) is 0 Å². The minimum Gasteiger partial charge on any atom is -0.339 e. The van der Waals surface area contributed by atoms with Gasteiger partial charge in [0.1, 0.15) is 5.69 Å². The molecule has 1 atom stereocenters. The van der Waals surface area contributed by atoms with Crippen molar-refractivity contribution in [2.75, 3.05) is 5.32 Å². The van der Waals surface area contributed by atoms with Crippen LogP contribution >= 0.6 is 22.7 Å². The van der Waals surface area contributed by atoms with Gasteiger partial charge in [0.15, 0.2) is 5.13 Å². The van der Waals surface area contributed by atoms with Gasteiger partial charge in [-0.1, -0.05) is 44.2 Å². The average molecular weight is 400 g/mol. The fourth-order valence-electron chi connectivity index (χ4n) is 2.64. The quantitative estimate of drug-likeness (QED) is 0.625. The first-order chi connectivity index (χ1) is 12.9. The van der Waals surface area contributed by atoms with Crippen LogP contribution in [-0.4, -0.2) is 16.8 Å². The molecule has 0 radical (unpaired) electrons. The van der Waals surface area contributed by atoms with Crippen LogP contribution in [0.5, 0.6) is 0 Å². The number of hydrogen-bond donors (Lipinski definition) is 2. The van der Waals surface area contributed by atoms with E-state index in [0.717, 1.165) is 10.4 Å². The smallest absolute Gasteiger partial charge is 0.271 e. The number of hydrogen-bond acceptors (Lipinski definition) is 5. The molecule has 0 bridgehead atoms. The lowest BCUT2D eigenvalue weighted by Crippen LogP contribution is -2.29. The lowest BCUT2D eigenvalue weighted by molar-refractivity contribution is -0.114. The van der Waals surface area contributed by atoms with Gasteiger partial charge >= 0.3 is 0 Å². The summed E-state index contributed by atoms with van der Waals surface area (Å²) in [5, 5.41) is 9.73.